The first-order chi connectivity index (χ1) is 13.6. The van der Waals surface area contributed by atoms with Crippen LogP contribution in [0.15, 0.2) is 11.6 Å². The first kappa shape index (κ1) is 21.9. The number of fused-ring (bicyclic) bond motifs is 5. The van der Waals surface area contributed by atoms with Crippen molar-refractivity contribution in [2.45, 2.75) is 111 Å². The van der Waals surface area contributed by atoms with Crippen LogP contribution in [0.2, 0.25) is 0 Å². The van der Waals surface area contributed by atoms with E-state index in [1.807, 2.05) is 0 Å². The smallest absolute Gasteiger partial charge is 0.166 e. The van der Waals surface area contributed by atoms with Gasteiger partial charge in [0.25, 0.3) is 0 Å². The van der Waals surface area contributed by atoms with Crippen molar-refractivity contribution in [1.29, 1.82) is 0 Å². The maximum atomic E-state index is 10.2. The van der Waals surface area contributed by atoms with E-state index >= 15 is 0 Å². The molecule has 0 heterocycles. The molecule has 0 saturated heterocycles. The molecule has 0 unspecified atom stereocenters. The third-order valence-electron chi connectivity index (χ3n) is 10.3. The fourth-order valence-electron chi connectivity index (χ4n) is 8.65. The molecule has 0 aromatic heterocycles. The molecule has 4 rings (SSSR count). The Bertz CT molecular complexity index is 634. The van der Waals surface area contributed by atoms with Crippen LogP contribution in [0.1, 0.15) is 105 Å². The zero-order chi connectivity index (χ0) is 21.0. The molecular formula is C27H46O2. The average Bonchev–Trinajstić information content (AvgIpc) is 2.99. The van der Waals surface area contributed by atoms with Gasteiger partial charge in [-0.05, 0) is 84.9 Å². The fraction of sp³-hybridized carbons (Fsp3) is 0.926. The van der Waals surface area contributed by atoms with Crippen molar-refractivity contribution >= 4 is 0 Å². The standard InChI is InChI=1S/C27H46O2/c1-18(2)7-6-8-19(3)22-11-12-23-21-10-9-20-17-27(28,29)16-15-25(20,4)24(21)13-14-26(22,23)5/h9,18-19,21-24,28-29H,6-8,10-17H2,1-5H3/t19-,21-,22+,23-,24-,25-,26+/m0/s1. The van der Waals surface area contributed by atoms with Gasteiger partial charge in [-0.25, -0.2) is 0 Å². The predicted octanol–water partition coefficient (Wildman–Crippen LogP) is 6.71. The van der Waals surface area contributed by atoms with E-state index in [-0.39, 0.29) is 5.41 Å². The fourth-order valence-corrected chi connectivity index (χ4v) is 8.65. The summed E-state index contributed by atoms with van der Waals surface area (Å²) in [5.74, 6) is 3.60. The average molecular weight is 403 g/mol. The first-order valence-electron chi connectivity index (χ1n) is 12.7. The molecule has 2 heteroatoms. The lowest BCUT2D eigenvalue weighted by Gasteiger charge is -2.59. The summed E-state index contributed by atoms with van der Waals surface area (Å²) in [6.07, 6.45) is 15.4. The van der Waals surface area contributed by atoms with Gasteiger partial charge < -0.3 is 10.2 Å². The van der Waals surface area contributed by atoms with Crippen LogP contribution in [0, 0.1) is 46.3 Å². The van der Waals surface area contributed by atoms with E-state index in [4.69, 9.17) is 0 Å². The normalized spacial score (nSPS) is 44.6. The second kappa shape index (κ2) is 7.66. The van der Waals surface area contributed by atoms with Gasteiger partial charge in [-0.2, -0.15) is 0 Å². The van der Waals surface area contributed by atoms with Gasteiger partial charge in [0.2, 0.25) is 0 Å². The summed E-state index contributed by atoms with van der Waals surface area (Å²) in [7, 11) is 0. The zero-order valence-electron chi connectivity index (χ0n) is 19.7. The highest BCUT2D eigenvalue weighted by Crippen LogP contribution is 2.67. The van der Waals surface area contributed by atoms with Gasteiger partial charge in [0.15, 0.2) is 5.79 Å². The van der Waals surface area contributed by atoms with Crippen LogP contribution >= 0.6 is 0 Å². The first-order valence-corrected chi connectivity index (χ1v) is 12.7. The molecule has 4 aliphatic carbocycles. The van der Waals surface area contributed by atoms with E-state index in [1.54, 1.807) is 0 Å². The number of allylic oxidation sites excluding steroid dienone is 1. The minimum Gasteiger partial charge on any atom is -0.365 e. The van der Waals surface area contributed by atoms with Gasteiger partial charge in [-0.1, -0.05) is 65.5 Å². The quantitative estimate of drug-likeness (QED) is 0.396. The molecule has 2 nitrogen and oxygen atoms in total. The Balaban J connectivity index is 1.50. The molecule has 0 bridgehead atoms. The molecule has 3 fully saturated rings. The van der Waals surface area contributed by atoms with E-state index in [2.05, 4.69) is 40.7 Å². The molecule has 3 saturated carbocycles. The Morgan fingerprint density at radius 2 is 1.72 bits per heavy atom. The van der Waals surface area contributed by atoms with Crippen molar-refractivity contribution < 1.29 is 10.2 Å². The molecule has 0 aromatic carbocycles. The molecule has 0 radical (unpaired) electrons. The molecule has 0 spiro atoms. The molecule has 166 valence electrons. The SMILES string of the molecule is CC(C)CCC[C@H](C)[C@H]1CC[C@H]2[C@@H]3CC=C4CC(O)(O)CC[C@]4(C)[C@H]3CC[C@]12C. The summed E-state index contributed by atoms with van der Waals surface area (Å²) in [6, 6.07) is 0. The van der Waals surface area contributed by atoms with Gasteiger partial charge in [-0.15, -0.1) is 0 Å². The van der Waals surface area contributed by atoms with E-state index in [0.717, 1.165) is 41.9 Å². The van der Waals surface area contributed by atoms with Crippen molar-refractivity contribution in [3.8, 4) is 0 Å². The summed E-state index contributed by atoms with van der Waals surface area (Å²) in [5, 5.41) is 20.5. The highest BCUT2D eigenvalue weighted by molar-refractivity contribution is 5.26. The number of aliphatic hydroxyl groups is 2. The monoisotopic (exact) mass is 402 g/mol. The maximum Gasteiger partial charge on any atom is 0.166 e. The van der Waals surface area contributed by atoms with Crippen LogP contribution in [0.5, 0.6) is 0 Å². The van der Waals surface area contributed by atoms with Crippen molar-refractivity contribution in [1.82, 2.24) is 0 Å². The Morgan fingerprint density at radius 3 is 2.45 bits per heavy atom. The van der Waals surface area contributed by atoms with Gasteiger partial charge >= 0.3 is 0 Å². The summed E-state index contributed by atoms with van der Waals surface area (Å²) in [4.78, 5) is 0. The van der Waals surface area contributed by atoms with Crippen molar-refractivity contribution in [3.05, 3.63) is 11.6 Å². The van der Waals surface area contributed by atoms with Crippen LogP contribution in [0.4, 0.5) is 0 Å². The molecule has 29 heavy (non-hydrogen) atoms. The van der Waals surface area contributed by atoms with Crippen molar-refractivity contribution in [3.63, 3.8) is 0 Å². The van der Waals surface area contributed by atoms with Gasteiger partial charge in [0.1, 0.15) is 0 Å². The molecular weight excluding hydrogens is 356 g/mol. The van der Waals surface area contributed by atoms with Crippen molar-refractivity contribution in [2.75, 3.05) is 0 Å². The Morgan fingerprint density at radius 1 is 0.966 bits per heavy atom. The summed E-state index contributed by atoms with van der Waals surface area (Å²) in [6.45, 7) is 12.4. The van der Waals surface area contributed by atoms with Gasteiger partial charge in [0.05, 0.1) is 0 Å². The van der Waals surface area contributed by atoms with E-state index in [9.17, 15) is 10.2 Å². The van der Waals surface area contributed by atoms with Crippen molar-refractivity contribution in [2.24, 2.45) is 46.3 Å². The predicted molar refractivity (Wildman–Crippen MR) is 120 cm³/mol. The lowest BCUT2D eigenvalue weighted by Crippen LogP contribution is -2.52. The minimum atomic E-state index is -1.47. The lowest BCUT2D eigenvalue weighted by atomic mass is 9.46. The third kappa shape index (κ3) is 3.75. The van der Waals surface area contributed by atoms with E-state index in [1.165, 1.54) is 56.9 Å². The van der Waals surface area contributed by atoms with Crippen LogP contribution in [-0.2, 0) is 0 Å². The second-order valence-corrected chi connectivity index (χ2v) is 12.4. The topological polar surface area (TPSA) is 40.5 Å². The third-order valence-corrected chi connectivity index (χ3v) is 10.3. The Kier molecular flexibility index (Phi) is 5.78. The minimum absolute atomic E-state index is 0.209. The van der Waals surface area contributed by atoms with Gasteiger partial charge in [0, 0.05) is 12.8 Å². The van der Waals surface area contributed by atoms with Crippen LogP contribution in [0.25, 0.3) is 0 Å². The van der Waals surface area contributed by atoms with Crippen LogP contribution in [-0.4, -0.2) is 16.0 Å². The molecule has 7 atom stereocenters. The molecule has 4 aliphatic rings. The maximum absolute atomic E-state index is 10.2. The second-order valence-electron chi connectivity index (χ2n) is 12.4. The van der Waals surface area contributed by atoms with Gasteiger partial charge in [-0.3, -0.25) is 0 Å². The van der Waals surface area contributed by atoms with Crippen LogP contribution in [0.3, 0.4) is 0 Å². The summed E-state index contributed by atoms with van der Waals surface area (Å²) >= 11 is 0. The zero-order valence-corrected chi connectivity index (χ0v) is 19.7. The number of hydrogen-bond donors (Lipinski definition) is 2. The number of hydrogen-bond acceptors (Lipinski definition) is 2. The highest BCUT2D eigenvalue weighted by Gasteiger charge is 2.59. The molecule has 2 N–H and O–H groups in total. The summed E-state index contributed by atoms with van der Waals surface area (Å²) < 4.78 is 0. The highest BCUT2D eigenvalue weighted by atomic mass is 16.5. The Hall–Kier alpha value is -0.340. The molecule has 0 aliphatic heterocycles. The Labute approximate surface area is 179 Å². The summed E-state index contributed by atoms with van der Waals surface area (Å²) in [5.41, 5.74) is 2.10. The van der Waals surface area contributed by atoms with E-state index < -0.39 is 5.79 Å². The molecule has 0 amide bonds. The van der Waals surface area contributed by atoms with E-state index in [0.29, 0.717) is 18.3 Å². The largest absolute Gasteiger partial charge is 0.365 e. The number of rotatable bonds is 5. The van der Waals surface area contributed by atoms with Crippen LogP contribution < -0.4 is 0 Å². The molecule has 0 aromatic rings. The lowest BCUT2D eigenvalue weighted by molar-refractivity contribution is -0.189.